The number of nitrogens with one attached hydrogen (secondary N) is 1. The lowest BCUT2D eigenvalue weighted by molar-refractivity contribution is -0.139. The van der Waals surface area contributed by atoms with Crippen LogP contribution in [0, 0.1) is 0 Å². The van der Waals surface area contributed by atoms with Gasteiger partial charge >= 0.3 is 5.97 Å². The van der Waals surface area contributed by atoms with Crippen LogP contribution < -0.4 is 11.1 Å². The second-order valence-corrected chi connectivity index (χ2v) is 3.78. The molecule has 0 radical (unpaired) electrons. The molecule has 7 heteroatoms. The minimum absolute atomic E-state index is 0.00273. The van der Waals surface area contributed by atoms with Crippen molar-refractivity contribution in [1.82, 2.24) is 5.32 Å². The number of amides is 1. The smallest absolute Gasteiger partial charge is 0.320 e. The molecule has 0 saturated heterocycles. The number of carbonyl (C=O) groups is 2. The van der Waals surface area contributed by atoms with E-state index in [4.69, 9.17) is 15.9 Å². The summed E-state index contributed by atoms with van der Waals surface area (Å²) >= 11 is 0. The highest BCUT2D eigenvalue weighted by atomic mass is 16.4. The van der Waals surface area contributed by atoms with E-state index in [1.54, 1.807) is 0 Å². The lowest BCUT2D eigenvalue weighted by atomic mass is 9.96. The molecule has 0 fully saturated rings. The number of carbonyl (C=O) groups excluding carboxylic acids is 1. The first-order valence-corrected chi connectivity index (χ1v) is 4.87. The molecule has 2 atom stereocenters. The van der Waals surface area contributed by atoms with E-state index in [1.165, 1.54) is 6.92 Å². The maximum absolute atomic E-state index is 10.6. The first-order valence-electron chi connectivity index (χ1n) is 4.87. The van der Waals surface area contributed by atoms with Crippen LogP contribution in [0.25, 0.3) is 0 Å². The lowest BCUT2D eigenvalue weighted by Crippen LogP contribution is -2.46. The van der Waals surface area contributed by atoms with E-state index in [-0.39, 0.29) is 25.3 Å². The van der Waals surface area contributed by atoms with Gasteiger partial charge in [0.25, 0.3) is 0 Å². The van der Waals surface area contributed by atoms with Crippen molar-refractivity contribution < 1.29 is 24.9 Å². The Morgan fingerprint density at radius 1 is 1.50 bits per heavy atom. The second kappa shape index (κ2) is 6.41. The van der Waals surface area contributed by atoms with Crippen molar-refractivity contribution in [2.24, 2.45) is 5.73 Å². The zero-order valence-corrected chi connectivity index (χ0v) is 9.14. The molecule has 0 rings (SSSR count). The van der Waals surface area contributed by atoms with Gasteiger partial charge in [0.15, 0.2) is 0 Å². The van der Waals surface area contributed by atoms with Crippen molar-refractivity contribution in [2.45, 2.75) is 31.4 Å². The predicted molar refractivity (Wildman–Crippen MR) is 55.6 cm³/mol. The van der Waals surface area contributed by atoms with Gasteiger partial charge in [0.2, 0.25) is 5.91 Å². The van der Waals surface area contributed by atoms with Crippen LogP contribution in [0.15, 0.2) is 0 Å². The van der Waals surface area contributed by atoms with Crippen LogP contribution in [0.4, 0.5) is 0 Å². The van der Waals surface area contributed by atoms with Crippen LogP contribution in [0.3, 0.4) is 0 Å². The third-order valence-corrected chi connectivity index (χ3v) is 2.20. The van der Waals surface area contributed by atoms with Crippen molar-refractivity contribution in [3.05, 3.63) is 0 Å². The third kappa shape index (κ3) is 5.64. The fourth-order valence-electron chi connectivity index (χ4n) is 1.06. The van der Waals surface area contributed by atoms with Crippen molar-refractivity contribution in [3.8, 4) is 0 Å². The molecule has 2 unspecified atom stereocenters. The molecule has 16 heavy (non-hydrogen) atoms. The van der Waals surface area contributed by atoms with Gasteiger partial charge in [0.05, 0.1) is 6.61 Å². The summed E-state index contributed by atoms with van der Waals surface area (Å²) in [7, 11) is 0. The summed E-state index contributed by atoms with van der Waals surface area (Å²) in [4.78, 5) is 21.1. The molecule has 0 aromatic carbocycles. The maximum Gasteiger partial charge on any atom is 0.320 e. The fourth-order valence-corrected chi connectivity index (χ4v) is 1.06. The molecule has 0 spiro atoms. The normalized spacial score (nSPS) is 16.2. The van der Waals surface area contributed by atoms with E-state index < -0.39 is 24.2 Å². The SMILES string of the molecule is CC(=O)NCC(O)(CO)CCC(N)C(=O)O. The minimum atomic E-state index is -1.53. The molecule has 0 aliphatic rings. The molecule has 0 aliphatic heterocycles. The summed E-state index contributed by atoms with van der Waals surface area (Å²) in [5.74, 6) is -1.51. The van der Waals surface area contributed by atoms with Crippen LogP contribution in [-0.2, 0) is 9.59 Å². The molecule has 94 valence electrons. The van der Waals surface area contributed by atoms with Gasteiger partial charge in [-0.2, -0.15) is 0 Å². The molecule has 6 N–H and O–H groups in total. The number of aliphatic hydroxyl groups is 2. The fraction of sp³-hybridized carbons (Fsp3) is 0.778. The summed E-state index contributed by atoms with van der Waals surface area (Å²) in [6.07, 6.45) is 0.0171. The van der Waals surface area contributed by atoms with Gasteiger partial charge in [0.1, 0.15) is 11.6 Å². The monoisotopic (exact) mass is 234 g/mol. The third-order valence-electron chi connectivity index (χ3n) is 2.20. The second-order valence-electron chi connectivity index (χ2n) is 3.78. The summed E-state index contributed by atoms with van der Waals surface area (Å²) in [6.45, 7) is 0.575. The lowest BCUT2D eigenvalue weighted by Gasteiger charge is -2.26. The topological polar surface area (TPSA) is 133 Å². The molecule has 0 heterocycles. The van der Waals surface area contributed by atoms with Gasteiger partial charge in [-0.1, -0.05) is 0 Å². The van der Waals surface area contributed by atoms with Crippen molar-refractivity contribution in [1.29, 1.82) is 0 Å². The van der Waals surface area contributed by atoms with Gasteiger partial charge < -0.3 is 26.4 Å². The van der Waals surface area contributed by atoms with E-state index >= 15 is 0 Å². The Balaban J connectivity index is 4.15. The Hall–Kier alpha value is -1.18. The molecule has 7 nitrogen and oxygen atoms in total. The van der Waals surface area contributed by atoms with Crippen LogP contribution in [-0.4, -0.2) is 52.0 Å². The maximum atomic E-state index is 10.6. The Morgan fingerprint density at radius 3 is 2.44 bits per heavy atom. The van der Waals surface area contributed by atoms with Gasteiger partial charge in [-0.05, 0) is 12.8 Å². The average Bonchev–Trinajstić information content (AvgIpc) is 2.23. The standard InChI is InChI=1S/C9H18N2O5/c1-6(13)11-4-9(16,5-12)3-2-7(10)8(14)15/h7,12,16H,2-5,10H2,1H3,(H,11,13)(H,14,15). The summed E-state index contributed by atoms with van der Waals surface area (Å²) < 4.78 is 0. The zero-order valence-electron chi connectivity index (χ0n) is 9.14. The Labute approximate surface area is 93.3 Å². The summed E-state index contributed by atoms with van der Waals surface area (Å²) in [5.41, 5.74) is 3.73. The number of aliphatic hydroxyl groups excluding tert-OH is 1. The van der Waals surface area contributed by atoms with E-state index in [2.05, 4.69) is 5.32 Å². The van der Waals surface area contributed by atoms with Crippen molar-refractivity contribution in [3.63, 3.8) is 0 Å². The van der Waals surface area contributed by atoms with Crippen LogP contribution in [0.5, 0.6) is 0 Å². The first-order chi connectivity index (χ1) is 7.30. The highest BCUT2D eigenvalue weighted by molar-refractivity contribution is 5.73. The number of aliphatic carboxylic acids is 1. The number of carboxylic acids is 1. The first kappa shape index (κ1) is 14.8. The van der Waals surface area contributed by atoms with E-state index in [0.717, 1.165) is 0 Å². The number of carboxylic acid groups (broad SMARTS) is 1. The molecule has 0 aliphatic carbocycles. The zero-order chi connectivity index (χ0) is 12.8. The molecular weight excluding hydrogens is 216 g/mol. The molecular formula is C9H18N2O5. The number of hydrogen-bond acceptors (Lipinski definition) is 5. The highest BCUT2D eigenvalue weighted by Crippen LogP contribution is 2.12. The van der Waals surface area contributed by atoms with E-state index in [0.29, 0.717) is 0 Å². The molecule has 0 bridgehead atoms. The van der Waals surface area contributed by atoms with Crippen LogP contribution in [0.1, 0.15) is 19.8 Å². The number of nitrogens with two attached hydrogens (primary N) is 1. The predicted octanol–water partition coefficient (Wildman–Crippen LogP) is -1.96. The van der Waals surface area contributed by atoms with Gasteiger partial charge in [-0.15, -0.1) is 0 Å². The quantitative estimate of drug-likeness (QED) is 0.347. The molecule has 0 saturated carbocycles. The average molecular weight is 234 g/mol. The summed E-state index contributed by atoms with van der Waals surface area (Å²) in [6, 6.07) is -1.09. The molecule has 1 amide bonds. The summed E-state index contributed by atoms with van der Waals surface area (Å²) in [5, 5.41) is 29.6. The number of hydrogen-bond donors (Lipinski definition) is 5. The van der Waals surface area contributed by atoms with E-state index in [9.17, 15) is 14.7 Å². The van der Waals surface area contributed by atoms with Gasteiger partial charge in [-0.25, -0.2) is 0 Å². The van der Waals surface area contributed by atoms with Crippen LogP contribution >= 0.6 is 0 Å². The van der Waals surface area contributed by atoms with Crippen molar-refractivity contribution in [2.75, 3.05) is 13.2 Å². The van der Waals surface area contributed by atoms with Crippen molar-refractivity contribution >= 4 is 11.9 Å². The van der Waals surface area contributed by atoms with Crippen LogP contribution in [0.2, 0.25) is 0 Å². The Morgan fingerprint density at radius 2 is 2.06 bits per heavy atom. The van der Waals surface area contributed by atoms with Gasteiger partial charge in [0, 0.05) is 13.5 Å². The Kier molecular flexibility index (Phi) is 5.94. The Bertz CT molecular complexity index is 258. The highest BCUT2D eigenvalue weighted by Gasteiger charge is 2.28. The van der Waals surface area contributed by atoms with Gasteiger partial charge in [-0.3, -0.25) is 9.59 Å². The van der Waals surface area contributed by atoms with E-state index in [1.807, 2.05) is 0 Å². The molecule has 0 aromatic rings. The number of rotatable bonds is 7. The largest absolute Gasteiger partial charge is 0.480 e. The minimum Gasteiger partial charge on any atom is -0.480 e. The molecule has 0 aromatic heterocycles.